The molecule has 0 saturated carbocycles. The van der Waals surface area contributed by atoms with Crippen LogP contribution in [0.25, 0.3) is 11.0 Å². The molecule has 0 radical (unpaired) electrons. The number of benzene rings is 2. The van der Waals surface area contributed by atoms with Gasteiger partial charge in [-0.3, -0.25) is 19.2 Å². The van der Waals surface area contributed by atoms with Crippen LogP contribution in [-0.4, -0.2) is 116 Å². The Morgan fingerprint density at radius 2 is 1.89 bits per heavy atom. The number of nitrogens with zero attached hydrogens (tertiary/aromatic N) is 5. The number of amides is 3. The lowest BCUT2D eigenvalue weighted by Gasteiger charge is -2.37. The van der Waals surface area contributed by atoms with Crippen LogP contribution >= 0.6 is 15.9 Å². The van der Waals surface area contributed by atoms with E-state index in [9.17, 15) is 24.3 Å². The van der Waals surface area contributed by atoms with E-state index in [-0.39, 0.29) is 61.9 Å². The molecule has 2 N–H and O–H groups in total. The SMILES string of the molecule is C=CCCC(=O)N[C@@H](COC)[C@@H](OC(=O)[C@@H]1[C@H]2O[C@@]3(CC2Br)[C@H](C(=O)N(CC=C)Cn2nnc4ccccc42)N(CCCCCO)C(=O)[C@@H]13)c1ccccc1. The zero-order valence-corrected chi connectivity index (χ0v) is 32.6. The molecule has 1 spiro atoms. The standard InChI is InChI=1S/C40H49BrN6O8/c1-4-6-19-31(49)42-29(24-53-3)34(26-15-9-7-10-16-26)54-39(52)32-33-37(50)46(21-13-8-14-22-48)36(40(33)23-27(41)35(32)55-40)38(51)45(20-5-2)25-47-30-18-12-11-17-28(30)43-44-47/h4-5,7,9-12,15-18,27,29,32-36,48H,1-2,6,8,13-14,19-25H2,3H3,(H,42,49)/t27?,29-,32-,33+,34-,35-,36-,40+/m0/s1. The molecule has 3 fully saturated rings. The summed E-state index contributed by atoms with van der Waals surface area (Å²) in [5, 5.41) is 21.0. The van der Waals surface area contributed by atoms with E-state index in [2.05, 4.69) is 44.7 Å². The first-order valence-corrected chi connectivity index (χ1v) is 19.7. The molecule has 55 heavy (non-hydrogen) atoms. The van der Waals surface area contributed by atoms with Gasteiger partial charge >= 0.3 is 5.97 Å². The number of hydrogen-bond donors (Lipinski definition) is 2. The lowest BCUT2D eigenvalue weighted by atomic mass is 9.70. The quantitative estimate of drug-likeness (QED) is 0.0744. The van der Waals surface area contributed by atoms with Crippen LogP contribution in [0.5, 0.6) is 0 Å². The molecule has 6 rings (SSSR count). The van der Waals surface area contributed by atoms with Crippen molar-refractivity contribution in [1.29, 1.82) is 0 Å². The van der Waals surface area contributed by atoms with Gasteiger partial charge in [-0.05, 0) is 49.8 Å². The number of aliphatic hydroxyl groups is 1. The first kappa shape index (κ1) is 40.2. The first-order valence-electron chi connectivity index (χ1n) is 18.7. The van der Waals surface area contributed by atoms with Crippen molar-refractivity contribution in [1.82, 2.24) is 30.1 Å². The molecular weight excluding hydrogens is 772 g/mol. The van der Waals surface area contributed by atoms with Crippen molar-refractivity contribution in [2.75, 3.05) is 33.4 Å². The molecule has 3 aromatic rings. The number of aliphatic hydroxyl groups excluding tert-OH is 1. The molecule has 3 saturated heterocycles. The minimum absolute atomic E-state index is 0.00711. The molecule has 14 nitrogen and oxygen atoms in total. The maximum absolute atomic E-state index is 15.0. The Morgan fingerprint density at radius 3 is 2.62 bits per heavy atom. The fourth-order valence-electron chi connectivity index (χ4n) is 8.34. The molecule has 3 aliphatic rings. The van der Waals surface area contributed by atoms with Crippen molar-refractivity contribution in [2.24, 2.45) is 11.8 Å². The molecule has 2 bridgehead atoms. The highest BCUT2D eigenvalue weighted by molar-refractivity contribution is 9.09. The number of ether oxygens (including phenoxy) is 3. The second kappa shape index (κ2) is 18.0. The minimum Gasteiger partial charge on any atom is -0.455 e. The van der Waals surface area contributed by atoms with Gasteiger partial charge in [0.2, 0.25) is 17.7 Å². The summed E-state index contributed by atoms with van der Waals surface area (Å²) in [4.78, 5) is 60.1. The zero-order chi connectivity index (χ0) is 39.1. The summed E-state index contributed by atoms with van der Waals surface area (Å²) in [7, 11) is 1.50. The summed E-state index contributed by atoms with van der Waals surface area (Å²) < 4.78 is 20.2. The van der Waals surface area contributed by atoms with Gasteiger partial charge in [0.05, 0.1) is 36.1 Å². The highest BCUT2D eigenvalue weighted by Gasteiger charge is 2.77. The van der Waals surface area contributed by atoms with Crippen molar-refractivity contribution in [2.45, 2.75) is 79.9 Å². The van der Waals surface area contributed by atoms with E-state index in [0.717, 1.165) is 5.52 Å². The number of methoxy groups -OCH3 is 1. The van der Waals surface area contributed by atoms with E-state index in [4.69, 9.17) is 14.2 Å². The van der Waals surface area contributed by atoms with Gasteiger partial charge in [0, 0.05) is 38.1 Å². The molecule has 8 atom stereocenters. The molecule has 0 aliphatic carbocycles. The lowest BCUT2D eigenvalue weighted by molar-refractivity contribution is -0.163. The maximum Gasteiger partial charge on any atom is 0.313 e. The zero-order valence-electron chi connectivity index (χ0n) is 31.0. The summed E-state index contributed by atoms with van der Waals surface area (Å²) in [6, 6.07) is 14.7. The molecule has 3 amide bonds. The fourth-order valence-corrected chi connectivity index (χ4v) is 9.29. The van der Waals surface area contributed by atoms with Crippen molar-refractivity contribution in [3.8, 4) is 0 Å². The van der Waals surface area contributed by atoms with Crippen LogP contribution < -0.4 is 5.32 Å². The van der Waals surface area contributed by atoms with E-state index in [1.54, 1.807) is 38.8 Å². The molecule has 15 heteroatoms. The van der Waals surface area contributed by atoms with Crippen LogP contribution in [0, 0.1) is 11.8 Å². The number of fused-ring (bicyclic) bond motifs is 2. The molecule has 2 aromatic carbocycles. The van der Waals surface area contributed by atoms with Gasteiger partial charge in [-0.15, -0.1) is 18.3 Å². The summed E-state index contributed by atoms with van der Waals surface area (Å²) in [5.74, 6) is -3.72. The number of esters is 1. The number of hydrogen-bond acceptors (Lipinski definition) is 10. The third-order valence-corrected chi connectivity index (χ3v) is 11.6. The number of halogens is 1. The average molecular weight is 822 g/mol. The topological polar surface area (TPSA) is 165 Å². The van der Waals surface area contributed by atoms with Gasteiger partial charge in [-0.1, -0.05) is 75.8 Å². The maximum atomic E-state index is 15.0. The van der Waals surface area contributed by atoms with Crippen LogP contribution in [-0.2, 0) is 40.1 Å². The van der Waals surface area contributed by atoms with Gasteiger partial charge in [-0.2, -0.15) is 0 Å². The summed E-state index contributed by atoms with van der Waals surface area (Å²) in [6.07, 6.45) is 4.23. The van der Waals surface area contributed by atoms with Gasteiger partial charge in [0.15, 0.2) is 0 Å². The Labute approximate surface area is 329 Å². The molecule has 4 heterocycles. The van der Waals surface area contributed by atoms with Crippen molar-refractivity contribution in [3.63, 3.8) is 0 Å². The smallest absolute Gasteiger partial charge is 0.313 e. The van der Waals surface area contributed by atoms with E-state index in [1.165, 1.54) is 7.11 Å². The Morgan fingerprint density at radius 1 is 1.13 bits per heavy atom. The van der Waals surface area contributed by atoms with Crippen molar-refractivity contribution >= 4 is 50.7 Å². The van der Waals surface area contributed by atoms with E-state index in [1.807, 2.05) is 42.5 Å². The number of carbonyl (C=O) groups excluding carboxylic acids is 4. The van der Waals surface area contributed by atoms with Gasteiger partial charge < -0.3 is 34.4 Å². The largest absolute Gasteiger partial charge is 0.455 e. The number of rotatable bonds is 20. The third kappa shape index (κ3) is 8.11. The Bertz CT molecular complexity index is 1860. The second-order valence-electron chi connectivity index (χ2n) is 14.3. The van der Waals surface area contributed by atoms with Crippen LogP contribution in [0.4, 0.5) is 0 Å². The van der Waals surface area contributed by atoms with Crippen LogP contribution in [0.2, 0.25) is 0 Å². The Kier molecular flexibility index (Phi) is 13.2. The number of alkyl halides is 1. The number of para-hydroxylation sites is 1. The third-order valence-electron chi connectivity index (χ3n) is 10.7. The number of unbranched alkanes of at least 4 members (excludes halogenated alkanes) is 2. The highest BCUT2D eigenvalue weighted by atomic mass is 79.9. The van der Waals surface area contributed by atoms with Crippen LogP contribution in [0.3, 0.4) is 0 Å². The molecule has 3 aliphatic heterocycles. The van der Waals surface area contributed by atoms with Gasteiger partial charge in [0.25, 0.3) is 0 Å². The average Bonchev–Trinajstić information content (AvgIpc) is 3.91. The fraction of sp³-hybridized carbons (Fsp3) is 0.500. The first-order chi connectivity index (χ1) is 26.7. The molecular formula is C40H49BrN6O8. The van der Waals surface area contributed by atoms with Crippen molar-refractivity contribution < 1.29 is 38.5 Å². The van der Waals surface area contributed by atoms with E-state index < -0.39 is 47.7 Å². The number of allylic oxidation sites excluding steroid dienone is 1. The number of nitrogens with one attached hydrogen (secondary N) is 1. The number of aromatic nitrogens is 3. The van der Waals surface area contributed by atoms with E-state index >= 15 is 0 Å². The number of carbonyl (C=O) groups is 4. The van der Waals surface area contributed by atoms with Gasteiger partial charge in [-0.25, -0.2) is 4.68 Å². The molecule has 1 aromatic heterocycles. The second-order valence-corrected chi connectivity index (χ2v) is 15.4. The Balaban J connectivity index is 1.34. The lowest BCUT2D eigenvalue weighted by Crippen LogP contribution is -2.57. The minimum atomic E-state index is -1.34. The summed E-state index contributed by atoms with van der Waals surface area (Å²) >= 11 is 3.75. The monoisotopic (exact) mass is 820 g/mol. The van der Waals surface area contributed by atoms with Gasteiger partial charge in [0.1, 0.15) is 29.9 Å². The predicted octanol–water partition coefficient (Wildman–Crippen LogP) is 3.70. The van der Waals surface area contributed by atoms with Crippen molar-refractivity contribution in [3.05, 3.63) is 85.5 Å². The summed E-state index contributed by atoms with van der Waals surface area (Å²) in [6.45, 7) is 8.07. The van der Waals surface area contributed by atoms with Crippen LogP contribution in [0.15, 0.2) is 79.9 Å². The van der Waals surface area contributed by atoms with Crippen LogP contribution in [0.1, 0.15) is 50.2 Å². The number of likely N-dealkylation sites (tertiary alicyclic amines) is 1. The predicted molar refractivity (Wildman–Crippen MR) is 206 cm³/mol. The summed E-state index contributed by atoms with van der Waals surface area (Å²) in [5.41, 5.74) is 0.702. The van der Waals surface area contributed by atoms with E-state index in [0.29, 0.717) is 43.2 Å². The molecule has 294 valence electrons. The Hall–Kier alpha value is -4.44. The highest BCUT2D eigenvalue weighted by Crippen LogP contribution is 2.60. The molecule has 1 unspecified atom stereocenters. The normalized spacial score (nSPS) is 25.0.